The van der Waals surface area contributed by atoms with Crippen LogP contribution in [0.4, 0.5) is 0 Å². The number of hydrogen-bond acceptors (Lipinski definition) is 3. The van der Waals surface area contributed by atoms with Crippen molar-refractivity contribution in [2.24, 2.45) is 5.92 Å². The first-order valence-electron chi connectivity index (χ1n) is 6.07. The van der Waals surface area contributed by atoms with Crippen LogP contribution in [0.2, 0.25) is 0 Å². The van der Waals surface area contributed by atoms with Crippen molar-refractivity contribution in [3.63, 3.8) is 0 Å². The lowest BCUT2D eigenvalue weighted by atomic mass is 9.99. The molecule has 0 bridgehead atoms. The molecule has 1 aromatic rings. The summed E-state index contributed by atoms with van der Waals surface area (Å²) in [6, 6.07) is 2.61. The second kappa shape index (κ2) is 5.94. The molecule has 90 valence electrons. The van der Waals surface area contributed by atoms with Crippen LogP contribution < -0.4 is 5.32 Å². The summed E-state index contributed by atoms with van der Waals surface area (Å²) < 4.78 is 0. The van der Waals surface area contributed by atoms with Crippen LogP contribution in [-0.4, -0.2) is 23.1 Å². The first-order chi connectivity index (χ1) is 7.56. The molecule has 1 atom stereocenters. The van der Waals surface area contributed by atoms with Crippen LogP contribution in [0, 0.1) is 12.8 Å². The van der Waals surface area contributed by atoms with Crippen molar-refractivity contribution in [1.82, 2.24) is 15.3 Å². The maximum Gasteiger partial charge on any atom is 0.125 e. The van der Waals surface area contributed by atoms with E-state index < -0.39 is 0 Å². The molecule has 0 amide bonds. The molecule has 3 heteroatoms. The molecule has 0 saturated carbocycles. The molecule has 0 saturated heterocycles. The predicted octanol–water partition coefficient (Wildman–Crippen LogP) is 2.13. The van der Waals surface area contributed by atoms with Gasteiger partial charge in [0, 0.05) is 23.9 Å². The van der Waals surface area contributed by atoms with Gasteiger partial charge in [-0.15, -0.1) is 0 Å². The normalized spacial score (nSPS) is 13.1. The fraction of sp³-hybridized carbons (Fsp3) is 0.692. The molecule has 16 heavy (non-hydrogen) atoms. The lowest BCUT2D eigenvalue weighted by Gasteiger charge is -2.20. The molecule has 3 nitrogen and oxygen atoms in total. The van der Waals surface area contributed by atoms with Crippen LogP contribution in [-0.2, 0) is 12.8 Å². The zero-order valence-electron chi connectivity index (χ0n) is 11.0. The smallest absolute Gasteiger partial charge is 0.125 e. The lowest BCUT2D eigenvalue weighted by molar-refractivity contribution is 0.421. The highest BCUT2D eigenvalue weighted by Crippen LogP contribution is 2.10. The molecule has 0 aliphatic carbocycles. The van der Waals surface area contributed by atoms with E-state index in [0.717, 1.165) is 30.1 Å². The first kappa shape index (κ1) is 13.1. The van der Waals surface area contributed by atoms with Crippen LogP contribution in [0.5, 0.6) is 0 Å². The van der Waals surface area contributed by atoms with Gasteiger partial charge in [-0.2, -0.15) is 0 Å². The second-order valence-corrected chi connectivity index (χ2v) is 4.59. The third-order valence-corrected chi connectivity index (χ3v) is 2.91. The molecule has 0 aliphatic rings. The van der Waals surface area contributed by atoms with Crippen molar-refractivity contribution >= 4 is 0 Å². The number of likely N-dealkylation sites (N-methyl/N-ethyl adjacent to an activating group) is 1. The van der Waals surface area contributed by atoms with Crippen molar-refractivity contribution < 1.29 is 0 Å². The fourth-order valence-corrected chi connectivity index (χ4v) is 1.88. The molecular weight excluding hydrogens is 198 g/mol. The van der Waals surface area contributed by atoms with E-state index in [2.05, 4.69) is 42.1 Å². The minimum absolute atomic E-state index is 0.485. The van der Waals surface area contributed by atoms with E-state index in [-0.39, 0.29) is 0 Å². The van der Waals surface area contributed by atoms with Gasteiger partial charge in [0.1, 0.15) is 5.82 Å². The van der Waals surface area contributed by atoms with Crippen LogP contribution in [0.15, 0.2) is 6.07 Å². The van der Waals surface area contributed by atoms with Gasteiger partial charge in [-0.1, -0.05) is 20.8 Å². The maximum atomic E-state index is 4.50. The Bertz CT molecular complexity index is 334. The van der Waals surface area contributed by atoms with Crippen molar-refractivity contribution in [3.05, 3.63) is 23.3 Å². The van der Waals surface area contributed by atoms with E-state index in [0.29, 0.717) is 12.0 Å². The fourth-order valence-electron chi connectivity index (χ4n) is 1.88. The van der Waals surface area contributed by atoms with Gasteiger partial charge in [0.15, 0.2) is 0 Å². The standard InChI is InChI=1S/C13H23N3/c1-6-11-7-12(16-10(4)15-11)8-13(14-5)9(2)3/h7,9,13-14H,6,8H2,1-5H3. The Labute approximate surface area is 98.7 Å². The number of hydrogen-bond donors (Lipinski definition) is 1. The Morgan fingerprint density at radius 3 is 2.38 bits per heavy atom. The van der Waals surface area contributed by atoms with Crippen molar-refractivity contribution in [3.8, 4) is 0 Å². The third-order valence-electron chi connectivity index (χ3n) is 2.91. The Kier molecular flexibility index (Phi) is 4.87. The highest BCUT2D eigenvalue weighted by molar-refractivity contribution is 5.12. The Morgan fingerprint density at radius 2 is 1.88 bits per heavy atom. The van der Waals surface area contributed by atoms with E-state index in [1.807, 2.05) is 14.0 Å². The SMILES string of the molecule is CCc1cc(CC(NC)C(C)C)nc(C)n1. The molecule has 0 spiro atoms. The third kappa shape index (κ3) is 3.56. The molecule has 0 aromatic carbocycles. The predicted molar refractivity (Wildman–Crippen MR) is 67.5 cm³/mol. The van der Waals surface area contributed by atoms with Gasteiger partial charge < -0.3 is 5.32 Å². The zero-order chi connectivity index (χ0) is 12.1. The molecule has 0 aliphatic heterocycles. The molecule has 0 fully saturated rings. The quantitative estimate of drug-likeness (QED) is 0.827. The molecule has 1 heterocycles. The highest BCUT2D eigenvalue weighted by Gasteiger charge is 2.13. The van der Waals surface area contributed by atoms with E-state index in [1.165, 1.54) is 0 Å². The maximum absolute atomic E-state index is 4.50. The molecule has 1 rings (SSSR count). The topological polar surface area (TPSA) is 37.8 Å². The summed E-state index contributed by atoms with van der Waals surface area (Å²) >= 11 is 0. The van der Waals surface area contributed by atoms with Gasteiger partial charge in [0.25, 0.3) is 0 Å². The van der Waals surface area contributed by atoms with Crippen LogP contribution in [0.1, 0.15) is 38.0 Å². The summed E-state index contributed by atoms with van der Waals surface area (Å²) in [7, 11) is 2.01. The van der Waals surface area contributed by atoms with E-state index >= 15 is 0 Å². The van der Waals surface area contributed by atoms with Gasteiger partial charge in [0.2, 0.25) is 0 Å². The Morgan fingerprint density at radius 1 is 1.25 bits per heavy atom. The summed E-state index contributed by atoms with van der Waals surface area (Å²) in [6.07, 6.45) is 1.95. The number of aromatic nitrogens is 2. The van der Waals surface area contributed by atoms with E-state index in [9.17, 15) is 0 Å². The number of nitrogens with zero attached hydrogens (tertiary/aromatic N) is 2. The lowest BCUT2D eigenvalue weighted by Crippen LogP contribution is -2.33. The average Bonchev–Trinajstić information content (AvgIpc) is 2.24. The van der Waals surface area contributed by atoms with Crippen molar-refractivity contribution in [1.29, 1.82) is 0 Å². The van der Waals surface area contributed by atoms with Gasteiger partial charge in [-0.3, -0.25) is 0 Å². The van der Waals surface area contributed by atoms with E-state index in [1.54, 1.807) is 0 Å². The Balaban J connectivity index is 2.83. The highest BCUT2D eigenvalue weighted by atomic mass is 14.9. The summed E-state index contributed by atoms with van der Waals surface area (Å²) in [5.41, 5.74) is 2.29. The van der Waals surface area contributed by atoms with Crippen molar-refractivity contribution in [2.45, 2.75) is 46.6 Å². The van der Waals surface area contributed by atoms with Gasteiger partial charge in [0.05, 0.1) is 0 Å². The largest absolute Gasteiger partial charge is 0.316 e. The number of nitrogens with one attached hydrogen (secondary N) is 1. The Hall–Kier alpha value is -0.960. The van der Waals surface area contributed by atoms with Crippen LogP contribution in [0.3, 0.4) is 0 Å². The van der Waals surface area contributed by atoms with Gasteiger partial charge in [-0.05, 0) is 32.4 Å². The van der Waals surface area contributed by atoms with Gasteiger partial charge >= 0.3 is 0 Å². The summed E-state index contributed by atoms with van der Waals surface area (Å²) in [5, 5.41) is 3.35. The molecule has 1 N–H and O–H groups in total. The molecule has 1 unspecified atom stereocenters. The van der Waals surface area contributed by atoms with Crippen molar-refractivity contribution in [2.75, 3.05) is 7.05 Å². The van der Waals surface area contributed by atoms with Crippen LogP contribution in [0.25, 0.3) is 0 Å². The first-order valence-corrected chi connectivity index (χ1v) is 6.07. The molecule has 0 radical (unpaired) electrons. The summed E-state index contributed by atoms with van der Waals surface area (Å²) in [4.78, 5) is 8.90. The summed E-state index contributed by atoms with van der Waals surface area (Å²) in [6.45, 7) is 8.56. The minimum Gasteiger partial charge on any atom is -0.316 e. The molecule has 1 aromatic heterocycles. The van der Waals surface area contributed by atoms with E-state index in [4.69, 9.17) is 0 Å². The average molecular weight is 221 g/mol. The minimum atomic E-state index is 0.485. The zero-order valence-corrected chi connectivity index (χ0v) is 11.0. The second-order valence-electron chi connectivity index (χ2n) is 4.59. The van der Waals surface area contributed by atoms with Gasteiger partial charge in [-0.25, -0.2) is 9.97 Å². The monoisotopic (exact) mass is 221 g/mol. The molecular formula is C13H23N3. The van der Waals surface area contributed by atoms with Crippen LogP contribution >= 0.6 is 0 Å². The number of aryl methyl sites for hydroxylation is 2. The summed E-state index contributed by atoms with van der Waals surface area (Å²) in [5.74, 6) is 1.50. The number of rotatable bonds is 5.